The standard InChI is InChI=1S/C31H38F2N6O2/c1-5-6-15-38(20(2)17-35-18-40)30(34-4)25-16-27(33)28(24-9-7-8-10-26(24)32)37-31(25)39(19-41)29-21(3)36-14-13-23(29)22-11-12-22/h5,9-10,13-14,16,18-20,22-23,29H,1,6-8,11-12,15,17H2,2-4H3,(H,35,40). The van der Waals surface area contributed by atoms with E-state index >= 15 is 4.39 Å². The Labute approximate surface area is 240 Å². The van der Waals surface area contributed by atoms with E-state index in [1.165, 1.54) is 17.0 Å². The van der Waals surface area contributed by atoms with Crippen LogP contribution in [0.25, 0.3) is 5.57 Å². The average Bonchev–Trinajstić information content (AvgIpc) is 3.82. The molecule has 8 nitrogen and oxygen atoms in total. The lowest BCUT2D eigenvalue weighted by Gasteiger charge is -2.37. The van der Waals surface area contributed by atoms with Crippen molar-refractivity contribution >= 4 is 35.8 Å². The molecule has 0 saturated heterocycles. The van der Waals surface area contributed by atoms with Gasteiger partial charge in [0, 0.05) is 49.6 Å². The van der Waals surface area contributed by atoms with E-state index in [-0.39, 0.29) is 29.0 Å². The highest BCUT2D eigenvalue weighted by Crippen LogP contribution is 2.43. The molecule has 2 aliphatic carbocycles. The Morgan fingerprint density at radius 2 is 2.02 bits per heavy atom. The fraction of sp³-hybridized carbons (Fsp3) is 0.452. The van der Waals surface area contributed by atoms with Crippen LogP contribution in [0.15, 0.2) is 59.0 Å². The Hall–Kier alpha value is -3.95. The minimum absolute atomic E-state index is 0.0148. The predicted octanol–water partition coefficient (Wildman–Crippen LogP) is 4.99. The number of aliphatic imine (C=N–C) groups is 2. The number of carbonyl (C=O) groups is 2. The van der Waals surface area contributed by atoms with Crippen molar-refractivity contribution in [2.45, 2.75) is 58.0 Å². The zero-order valence-corrected chi connectivity index (χ0v) is 23.9. The Morgan fingerprint density at radius 3 is 2.66 bits per heavy atom. The van der Waals surface area contributed by atoms with Crippen molar-refractivity contribution in [2.24, 2.45) is 21.8 Å². The van der Waals surface area contributed by atoms with Gasteiger partial charge in [-0.05, 0) is 64.0 Å². The second kappa shape index (κ2) is 13.6. The molecule has 218 valence electrons. The van der Waals surface area contributed by atoms with Gasteiger partial charge in [-0.2, -0.15) is 0 Å². The summed E-state index contributed by atoms with van der Waals surface area (Å²) >= 11 is 0. The molecule has 4 rings (SSSR count). The molecule has 1 aliphatic heterocycles. The molecule has 2 amide bonds. The van der Waals surface area contributed by atoms with Crippen LogP contribution in [0.4, 0.5) is 14.6 Å². The van der Waals surface area contributed by atoms with E-state index in [1.54, 1.807) is 25.4 Å². The summed E-state index contributed by atoms with van der Waals surface area (Å²) in [6, 6.07) is 0.613. The van der Waals surface area contributed by atoms with Crippen LogP contribution in [0.2, 0.25) is 0 Å². The van der Waals surface area contributed by atoms with Crippen LogP contribution in [0.1, 0.15) is 57.2 Å². The summed E-state index contributed by atoms with van der Waals surface area (Å²) in [7, 11) is 1.59. The Balaban J connectivity index is 1.91. The maximum atomic E-state index is 15.9. The molecule has 2 heterocycles. The van der Waals surface area contributed by atoms with E-state index in [9.17, 15) is 14.0 Å². The van der Waals surface area contributed by atoms with Crippen molar-refractivity contribution in [3.63, 3.8) is 0 Å². The SMILES string of the molecule is C=CCCN(C(=NC)c1cc(F)c(C2=CCCC=C2F)nc1N(C=O)C1C(C)=NC=CC1C1CC1)C(C)CNC=O. The average molecular weight is 565 g/mol. The predicted molar refractivity (Wildman–Crippen MR) is 159 cm³/mol. The van der Waals surface area contributed by atoms with Crippen LogP contribution in [0.3, 0.4) is 0 Å². The maximum absolute atomic E-state index is 15.9. The van der Waals surface area contributed by atoms with Gasteiger partial charge in [0.1, 0.15) is 29.0 Å². The first-order chi connectivity index (χ1) is 19.9. The minimum atomic E-state index is -0.720. The lowest BCUT2D eigenvalue weighted by molar-refractivity contribution is -0.110. The number of halogens is 2. The molecule has 0 radical (unpaired) electrons. The topological polar surface area (TPSA) is 90.3 Å². The van der Waals surface area contributed by atoms with Gasteiger partial charge in [0.05, 0.1) is 11.6 Å². The third kappa shape index (κ3) is 6.52. The van der Waals surface area contributed by atoms with Crippen molar-refractivity contribution in [1.29, 1.82) is 0 Å². The van der Waals surface area contributed by atoms with Crippen LogP contribution in [-0.2, 0) is 9.59 Å². The van der Waals surface area contributed by atoms with Crippen molar-refractivity contribution in [3.8, 4) is 0 Å². The van der Waals surface area contributed by atoms with E-state index in [0.717, 1.165) is 18.6 Å². The Morgan fingerprint density at radius 1 is 1.27 bits per heavy atom. The van der Waals surface area contributed by atoms with Crippen LogP contribution >= 0.6 is 0 Å². The largest absolute Gasteiger partial charge is 0.357 e. The highest BCUT2D eigenvalue weighted by Gasteiger charge is 2.42. The lowest BCUT2D eigenvalue weighted by Crippen LogP contribution is -2.49. The second-order valence-corrected chi connectivity index (χ2v) is 10.6. The molecule has 10 heteroatoms. The molecule has 1 aromatic heterocycles. The van der Waals surface area contributed by atoms with E-state index < -0.39 is 17.7 Å². The summed E-state index contributed by atoms with van der Waals surface area (Å²) in [6.45, 7) is 8.39. The molecule has 3 aliphatic rings. The number of amidine groups is 1. The summed E-state index contributed by atoms with van der Waals surface area (Å²) in [4.78, 5) is 41.2. The van der Waals surface area contributed by atoms with E-state index in [4.69, 9.17) is 0 Å². The molecule has 1 aromatic rings. The number of nitrogens with one attached hydrogen (secondary N) is 1. The van der Waals surface area contributed by atoms with Crippen LogP contribution in [0, 0.1) is 17.7 Å². The molecule has 1 N–H and O–H groups in total. The van der Waals surface area contributed by atoms with Gasteiger partial charge in [0.2, 0.25) is 12.8 Å². The molecule has 1 fully saturated rings. The van der Waals surface area contributed by atoms with Gasteiger partial charge in [-0.25, -0.2) is 13.8 Å². The summed E-state index contributed by atoms with van der Waals surface area (Å²) in [6.07, 6.45) is 13.7. The number of aromatic nitrogens is 1. The quantitative estimate of drug-likeness (QED) is 0.158. The second-order valence-electron chi connectivity index (χ2n) is 10.6. The highest BCUT2D eigenvalue weighted by atomic mass is 19.1. The van der Waals surface area contributed by atoms with Crippen LogP contribution in [-0.4, -0.2) is 66.5 Å². The normalized spacial score (nSPS) is 21.3. The van der Waals surface area contributed by atoms with Crippen molar-refractivity contribution in [3.05, 3.63) is 66.1 Å². The fourth-order valence-corrected chi connectivity index (χ4v) is 5.63. The zero-order chi connectivity index (χ0) is 29.5. The van der Waals surface area contributed by atoms with Crippen molar-refractivity contribution < 1.29 is 18.4 Å². The van der Waals surface area contributed by atoms with Gasteiger partial charge < -0.3 is 10.2 Å². The number of nitrogens with zero attached hydrogens (tertiary/aromatic N) is 5. The smallest absolute Gasteiger partial charge is 0.215 e. The monoisotopic (exact) mass is 564 g/mol. The number of hydrogen-bond donors (Lipinski definition) is 1. The number of pyridine rings is 1. The fourth-order valence-electron chi connectivity index (χ4n) is 5.63. The number of amides is 2. The molecule has 0 spiro atoms. The minimum Gasteiger partial charge on any atom is -0.357 e. The molecule has 0 bridgehead atoms. The summed E-state index contributed by atoms with van der Waals surface area (Å²) in [5.74, 6) is -0.283. The number of hydrogen-bond acceptors (Lipinski definition) is 5. The first-order valence-electron chi connectivity index (χ1n) is 14.1. The van der Waals surface area contributed by atoms with Gasteiger partial charge >= 0.3 is 0 Å². The van der Waals surface area contributed by atoms with Gasteiger partial charge in [-0.1, -0.05) is 18.2 Å². The van der Waals surface area contributed by atoms with E-state index in [2.05, 4.69) is 26.9 Å². The van der Waals surface area contributed by atoms with Crippen LogP contribution in [0.5, 0.6) is 0 Å². The molecule has 41 heavy (non-hydrogen) atoms. The van der Waals surface area contributed by atoms with Crippen LogP contribution < -0.4 is 10.2 Å². The molecular weight excluding hydrogens is 526 g/mol. The zero-order valence-electron chi connectivity index (χ0n) is 23.9. The van der Waals surface area contributed by atoms with E-state index in [1.807, 2.05) is 24.8 Å². The molecule has 0 aromatic carbocycles. The van der Waals surface area contributed by atoms with Crippen molar-refractivity contribution in [1.82, 2.24) is 15.2 Å². The van der Waals surface area contributed by atoms with Gasteiger partial charge in [-0.15, -0.1) is 6.58 Å². The lowest BCUT2D eigenvalue weighted by atomic mass is 9.88. The maximum Gasteiger partial charge on any atom is 0.215 e. The Kier molecular flexibility index (Phi) is 9.96. The number of anilines is 1. The number of allylic oxidation sites excluding steroid dienone is 4. The van der Waals surface area contributed by atoms with Crippen molar-refractivity contribution in [2.75, 3.05) is 25.0 Å². The first-order valence-corrected chi connectivity index (χ1v) is 14.1. The number of carbonyl (C=O) groups excluding carboxylic acids is 2. The number of rotatable bonds is 13. The summed E-state index contributed by atoms with van der Waals surface area (Å²) in [5.41, 5.74) is 0.944. The molecule has 3 atom stereocenters. The van der Waals surface area contributed by atoms with E-state index in [0.29, 0.717) is 62.5 Å². The summed E-state index contributed by atoms with van der Waals surface area (Å²) < 4.78 is 30.9. The van der Waals surface area contributed by atoms with Gasteiger partial charge in [-0.3, -0.25) is 24.5 Å². The van der Waals surface area contributed by atoms with Gasteiger partial charge in [0.25, 0.3) is 0 Å². The summed E-state index contributed by atoms with van der Waals surface area (Å²) in [5, 5.41) is 2.70. The highest BCUT2D eigenvalue weighted by molar-refractivity contribution is 6.07. The first kappa shape index (κ1) is 30.0. The third-order valence-corrected chi connectivity index (χ3v) is 7.84. The molecule has 1 saturated carbocycles. The third-order valence-electron chi connectivity index (χ3n) is 7.84. The van der Waals surface area contributed by atoms with Gasteiger partial charge in [0.15, 0.2) is 0 Å². The molecular formula is C31H38F2N6O2. The molecule has 3 unspecified atom stereocenters. The Bertz CT molecular complexity index is 1310.